The van der Waals surface area contributed by atoms with E-state index in [1.807, 2.05) is 12.1 Å². The number of halogens is 3. The second-order valence-corrected chi connectivity index (χ2v) is 7.30. The Morgan fingerprint density at radius 3 is 2.96 bits per heavy atom. The number of nitrogens with zero attached hydrogens (tertiary/aromatic N) is 2. The predicted octanol–water partition coefficient (Wildman–Crippen LogP) is 5.35. The number of alkyl halides is 1. The van der Waals surface area contributed by atoms with Crippen molar-refractivity contribution in [3.63, 3.8) is 0 Å². The van der Waals surface area contributed by atoms with Gasteiger partial charge in [-0.05, 0) is 54.2 Å². The molecule has 2 aromatic carbocycles. The average molecular weight is 397 g/mol. The number of aromatic amines is 1. The van der Waals surface area contributed by atoms with E-state index in [9.17, 15) is 0 Å². The maximum absolute atomic E-state index is 6.62. The van der Waals surface area contributed by atoms with Crippen molar-refractivity contribution in [2.45, 2.75) is 25.2 Å². The van der Waals surface area contributed by atoms with Crippen LogP contribution in [0, 0.1) is 0 Å². The third-order valence-corrected chi connectivity index (χ3v) is 5.52. The average Bonchev–Trinajstić information content (AvgIpc) is 3.09. The molecule has 1 aromatic heterocycles. The molecule has 1 atom stereocenters. The number of rotatable bonds is 4. The van der Waals surface area contributed by atoms with Crippen LogP contribution >= 0.6 is 34.8 Å². The van der Waals surface area contributed by atoms with E-state index in [0.29, 0.717) is 28.3 Å². The van der Waals surface area contributed by atoms with Crippen LogP contribution in [-0.4, -0.2) is 27.9 Å². The lowest BCUT2D eigenvalue weighted by Crippen LogP contribution is -2.13. The number of hydrogen-bond donors (Lipinski definition) is 1. The molecular weight excluding hydrogens is 381 g/mol. The summed E-state index contributed by atoms with van der Waals surface area (Å²) in [6.07, 6.45) is 3.03. The van der Waals surface area contributed by atoms with Gasteiger partial charge in [0.1, 0.15) is 12.1 Å². The number of hydrogen-bond acceptors (Lipinski definition) is 3. The minimum atomic E-state index is 0.238. The Labute approximate surface area is 160 Å². The van der Waals surface area contributed by atoms with Gasteiger partial charge >= 0.3 is 0 Å². The van der Waals surface area contributed by atoms with Crippen LogP contribution in [0.4, 0.5) is 0 Å². The quantitative estimate of drug-likeness (QED) is 0.605. The van der Waals surface area contributed by atoms with E-state index >= 15 is 0 Å². The molecule has 0 aliphatic heterocycles. The zero-order valence-corrected chi connectivity index (χ0v) is 15.6. The Hall–Kier alpha value is -1.49. The molecule has 0 bridgehead atoms. The lowest BCUT2D eigenvalue weighted by Gasteiger charge is -2.28. The zero-order valence-electron chi connectivity index (χ0n) is 13.4. The summed E-state index contributed by atoms with van der Waals surface area (Å²) in [6, 6.07) is 8.20. The summed E-state index contributed by atoms with van der Waals surface area (Å²) in [5.74, 6) is 1.17. The Morgan fingerprint density at radius 1 is 1.24 bits per heavy atom. The van der Waals surface area contributed by atoms with E-state index < -0.39 is 0 Å². The monoisotopic (exact) mass is 395 g/mol. The first-order valence-electron chi connectivity index (χ1n) is 8.19. The molecule has 1 aliphatic rings. The van der Waals surface area contributed by atoms with Gasteiger partial charge in [-0.25, -0.2) is 0 Å². The van der Waals surface area contributed by atoms with Crippen LogP contribution in [0.3, 0.4) is 0 Å². The molecule has 0 radical (unpaired) electrons. The summed E-state index contributed by atoms with van der Waals surface area (Å²) < 4.78 is 5.65. The van der Waals surface area contributed by atoms with Crippen molar-refractivity contribution in [1.82, 2.24) is 15.4 Å². The summed E-state index contributed by atoms with van der Waals surface area (Å²) in [5.41, 5.74) is 5.28. The van der Waals surface area contributed by atoms with Crippen LogP contribution in [0.25, 0.3) is 11.0 Å². The third-order valence-electron chi connectivity index (χ3n) is 4.68. The van der Waals surface area contributed by atoms with E-state index in [1.165, 1.54) is 11.1 Å². The number of nitrogens with one attached hydrogen (secondary N) is 1. The SMILES string of the molecule is ClCCOc1c(Cl)cc2c(c1Cl)CCCC2c1ccc2[nH]nnc2c1. The number of fused-ring (bicyclic) bond motifs is 2. The van der Waals surface area contributed by atoms with E-state index in [1.54, 1.807) is 0 Å². The minimum absolute atomic E-state index is 0.238. The van der Waals surface area contributed by atoms with Gasteiger partial charge in [-0.2, -0.15) is 0 Å². The fourth-order valence-corrected chi connectivity index (χ4v) is 4.31. The first kappa shape index (κ1) is 17.0. The lowest BCUT2D eigenvalue weighted by atomic mass is 9.78. The molecule has 0 spiro atoms. The Morgan fingerprint density at radius 2 is 2.12 bits per heavy atom. The Kier molecular flexibility index (Phi) is 4.76. The highest BCUT2D eigenvalue weighted by molar-refractivity contribution is 6.37. The van der Waals surface area contributed by atoms with Crippen LogP contribution in [0.2, 0.25) is 10.0 Å². The van der Waals surface area contributed by atoms with E-state index in [4.69, 9.17) is 39.5 Å². The van der Waals surface area contributed by atoms with Crippen LogP contribution in [0.5, 0.6) is 5.75 Å². The van der Waals surface area contributed by atoms with Crippen LogP contribution < -0.4 is 4.74 Å². The lowest BCUT2D eigenvalue weighted by molar-refractivity contribution is 0.342. The maximum atomic E-state index is 6.62. The van der Waals surface area contributed by atoms with Crippen LogP contribution in [0.1, 0.15) is 35.4 Å². The molecule has 0 saturated heterocycles. The molecule has 3 aromatic rings. The molecule has 1 N–H and O–H groups in total. The van der Waals surface area contributed by atoms with Gasteiger partial charge < -0.3 is 4.74 Å². The van der Waals surface area contributed by atoms with Gasteiger partial charge in [-0.15, -0.1) is 16.7 Å². The van der Waals surface area contributed by atoms with Gasteiger partial charge in [0, 0.05) is 5.92 Å². The van der Waals surface area contributed by atoms with E-state index in [2.05, 4.69) is 27.5 Å². The Bertz CT molecular complexity index is 925. The van der Waals surface area contributed by atoms with E-state index in [-0.39, 0.29) is 5.92 Å². The molecule has 7 heteroatoms. The molecule has 1 heterocycles. The number of aromatic nitrogens is 3. The second-order valence-electron chi connectivity index (χ2n) is 6.14. The van der Waals surface area contributed by atoms with Crippen molar-refractivity contribution in [3.8, 4) is 5.75 Å². The summed E-state index contributed by atoms with van der Waals surface area (Å²) in [5, 5.41) is 12.0. The van der Waals surface area contributed by atoms with Gasteiger partial charge in [0.25, 0.3) is 0 Å². The predicted molar refractivity (Wildman–Crippen MR) is 101 cm³/mol. The summed E-state index contributed by atoms with van der Waals surface area (Å²) in [7, 11) is 0. The van der Waals surface area contributed by atoms with Gasteiger partial charge in [0.05, 0.1) is 21.4 Å². The third kappa shape index (κ3) is 3.07. The van der Waals surface area contributed by atoms with Gasteiger partial charge in [0.15, 0.2) is 5.75 Å². The van der Waals surface area contributed by atoms with Crippen molar-refractivity contribution >= 4 is 45.8 Å². The molecule has 0 saturated carbocycles. The first-order valence-corrected chi connectivity index (χ1v) is 9.48. The molecule has 130 valence electrons. The van der Waals surface area contributed by atoms with Gasteiger partial charge in [-0.3, -0.25) is 5.10 Å². The largest absolute Gasteiger partial charge is 0.489 e. The minimum Gasteiger partial charge on any atom is -0.489 e. The molecular formula is C18H16Cl3N3O. The standard InChI is InChI=1S/C18H16Cl3N3O/c19-6-7-25-18-14(20)9-13-11(2-1-3-12(13)17(18)21)10-4-5-15-16(8-10)23-24-22-15/h4-5,8-9,11H,1-3,6-7H2,(H,22,23,24). The molecule has 0 fully saturated rings. The molecule has 1 unspecified atom stereocenters. The zero-order chi connectivity index (χ0) is 17.4. The molecule has 4 nitrogen and oxygen atoms in total. The molecule has 25 heavy (non-hydrogen) atoms. The highest BCUT2D eigenvalue weighted by Gasteiger charge is 2.27. The molecule has 1 aliphatic carbocycles. The summed E-state index contributed by atoms with van der Waals surface area (Å²) in [4.78, 5) is 0. The van der Waals surface area contributed by atoms with Crippen molar-refractivity contribution in [2.24, 2.45) is 0 Å². The fourth-order valence-electron chi connectivity index (χ4n) is 3.56. The number of ether oxygens (including phenoxy) is 1. The van der Waals surface area contributed by atoms with Crippen molar-refractivity contribution in [3.05, 3.63) is 51.0 Å². The highest BCUT2D eigenvalue weighted by Crippen LogP contribution is 2.46. The highest BCUT2D eigenvalue weighted by atomic mass is 35.5. The van der Waals surface area contributed by atoms with Crippen molar-refractivity contribution < 1.29 is 4.74 Å². The molecule has 0 amide bonds. The van der Waals surface area contributed by atoms with Gasteiger partial charge in [-0.1, -0.05) is 34.5 Å². The van der Waals surface area contributed by atoms with Gasteiger partial charge in [0.2, 0.25) is 0 Å². The maximum Gasteiger partial charge on any atom is 0.156 e. The van der Waals surface area contributed by atoms with E-state index in [0.717, 1.165) is 35.9 Å². The Balaban J connectivity index is 1.79. The fraction of sp³-hybridized carbons (Fsp3) is 0.333. The smallest absolute Gasteiger partial charge is 0.156 e. The summed E-state index contributed by atoms with van der Waals surface area (Å²) in [6.45, 7) is 0.381. The van der Waals surface area contributed by atoms with Crippen molar-refractivity contribution in [2.75, 3.05) is 12.5 Å². The first-order chi connectivity index (χ1) is 12.2. The second kappa shape index (κ2) is 7.02. The van der Waals surface area contributed by atoms with Crippen molar-refractivity contribution in [1.29, 1.82) is 0 Å². The normalized spacial score (nSPS) is 16.8. The topological polar surface area (TPSA) is 50.8 Å². The number of H-pyrrole nitrogens is 1. The van der Waals surface area contributed by atoms with Crippen LogP contribution in [0.15, 0.2) is 24.3 Å². The van der Waals surface area contributed by atoms with Crippen LogP contribution in [-0.2, 0) is 6.42 Å². The molecule has 4 rings (SSSR count). The number of benzene rings is 2. The summed E-state index contributed by atoms with van der Waals surface area (Å²) >= 11 is 18.8.